The molecule has 1 aromatic heterocycles. The summed E-state index contributed by atoms with van der Waals surface area (Å²) in [6.07, 6.45) is -0.0552. The summed E-state index contributed by atoms with van der Waals surface area (Å²) in [5, 5.41) is 11.0. The molecule has 7 rings (SSSR count). The number of rotatable bonds is 4. The zero-order chi connectivity index (χ0) is 30.2. The number of hydrogen-bond acceptors (Lipinski definition) is 5. The van der Waals surface area contributed by atoms with Gasteiger partial charge in [0, 0.05) is 33.8 Å². The average Bonchev–Trinajstić information content (AvgIpc) is 3.52. The monoisotopic (exact) mass is 583 g/mol. The molecule has 0 bridgehead atoms. The number of anilines is 1. The predicted molar refractivity (Wildman–Crippen MR) is 156 cm³/mol. The van der Waals surface area contributed by atoms with E-state index in [0.717, 1.165) is 27.8 Å². The SMILES string of the molecule is Cc1cc(C)c(N2C(c3cccc(Oc4ccc5cccc(O)c5n4)c3)=N[C@H]3c4c(F)c(F)c(F)c(F)c4C[C@H]32)c(C)c1. The summed E-state index contributed by atoms with van der Waals surface area (Å²) in [5.74, 6) is -5.23. The maximum atomic E-state index is 15.2. The fourth-order valence-corrected chi connectivity index (χ4v) is 6.48. The van der Waals surface area contributed by atoms with E-state index in [0.29, 0.717) is 22.7 Å². The molecule has 0 fully saturated rings. The van der Waals surface area contributed by atoms with E-state index in [4.69, 9.17) is 9.73 Å². The third-order valence-electron chi connectivity index (χ3n) is 8.16. The Bertz CT molecular complexity index is 1990. The molecule has 0 amide bonds. The molecule has 0 spiro atoms. The van der Waals surface area contributed by atoms with Crippen LogP contribution in [0.2, 0.25) is 0 Å². The van der Waals surface area contributed by atoms with Crippen molar-refractivity contribution in [2.45, 2.75) is 39.3 Å². The molecule has 9 heteroatoms. The molecular formula is C34H25F4N3O2. The van der Waals surface area contributed by atoms with Crippen molar-refractivity contribution in [2.24, 2.45) is 4.99 Å². The fourth-order valence-electron chi connectivity index (χ4n) is 6.48. The number of ether oxygens (including phenoxy) is 1. The number of aliphatic imine (C=N–C) groups is 1. The van der Waals surface area contributed by atoms with E-state index < -0.39 is 35.4 Å². The maximum Gasteiger partial charge on any atom is 0.219 e. The van der Waals surface area contributed by atoms with Gasteiger partial charge in [-0.1, -0.05) is 42.0 Å². The van der Waals surface area contributed by atoms with Crippen LogP contribution < -0.4 is 9.64 Å². The highest BCUT2D eigenvalue weighted by Crippen LogP contribution is 2.48. The number of phenolic OH excluding ortho intramolecular Hbond substituents is 1. The zero-order valence-corrected chi connectivity index (χ0v) is 23.4. The molecule has 1 aliphatic heterocycles. The van der Waals surface area contributed by atoms with E-state index >= 15 is 4.39 Å². The molecule has 5 aromatic rings. The molecular weight excluding hydrogens is 558 g/mol. The van der Waals surface area contributed by atoms with Crippen molar-refractivity contribution in [2.75, 3.05) is 4.90 Å². The zero-order valence-electron chi connectivity index (χ0n) is 23.4. The Morgan fingerprint density at radius 1 is 0.837 bits per heavy atom. The number of phenols is 1. The van der Waals surface area contributed by atoms with E-state index in [1.165, 1.54) is 0 Å². The van der Waals surface area contributed by atoms with Crippen molar-refractivity contribution in [3.05, 3.63) is 123 Å². The maximum absolute atomic E-state index is 15.2. The standard InChI is InChI=1S/C34H25F4N3O2/c1-16-12-17(2)33(18(3)13-16)41-23-15-22-26(28(36)30(38)29(37)27(22)35)32(23)40-34(41)20-7-4-8-21(14-20)43-25-11-10-19-6-5-9-24(42)31(19)39-25/h4-14,23,32,42H,15H2,1-3H3/t23-,32-/m1/s1. The Kier molecular flexibility index (Phi) is 6.16. The number of amidine groups is 1. The van der Waals surface area contributed by atoms with Gasteiger partial charge >= 0.3 is 0 Å². The van der Waals surface area contributed by atoms with E-state index in [9.17, 15) is 18.3 Å². The largest absolute Gasteiger partial charge is 0.506 e. The average molecular weight is 584 g/mol. The molecule has 2 atom stereocenters. The molecule has 1 N–H and O–H groups in total. The van der Waals surface area contributed by atoms with Gasteiger partial charge in [-0.3, -0.25) is 4.99 Å². The van der Waals surface area contributed by atoms with Crippen LogP contribution in [0.15, 0.2) is 71.7 Å². The normalized spacial score (nSPS) is 17.3. The van der Waals surface area contributed by atoms with Crippen molar-refractivity contribution in [1.82, 2.24) is 4.98 Å². The number of pyridine rings is 1. The highest BCUT2D eigenvalue weighted by Gasteiger charge is 2.48. The van der Waals surface area contributed by atoms with Crippen molar-refractivity contribution < 1.29 is 27.4 Å². The lowest BCUT2D eigenvalue weighted by Crippen LogP contribution is -2.38. The summed E-state index contributed by atoms with van der Waals surface area (Å²) in [6, 6.07) is 18.1. The van der Waals surface area contributed by atoms with Crippen LogP contribution in [0.4, 0.5) is 23.2 Å². The number of aryl methyl sites for hydroxylation is 3. The molecule has 5 nitrogen and oxygen atoms in total. The second kappa shape index (κ2) is 9.83. The molecule has 216 valence electrons. The van der Waals surface area contributed by atoms with Crippen LogP contribution in [-0.4, -0.2) is 22.0 Å². The number of nitrogens with zero attached hydrogens (tertiary/aromatic N) is 3. The van der Waals surface area contributed by atoms with Gasteiger partial charge in [-0.2, -0.15) is 0 Å². The number of aromatic hydroxyl groups is 1. The van der Waals surface area contributed by atoms with Crippen molar-refractivity contribution >= 4 is 22.4 Å². The lowest BCUT2D eigenvalue weighted by atomic mass is 10.0. The Hall–Kier alpha value is -4.92. The van der Waals surface area contributed by atoms with Gasteiger partial charge in [-0.05, 0) is 62.6 Å². The fraction of sp³-hybridized carbons (Fsp3) is 0.176. The lowest BCUT2D eigenvalue weighted by Gasteiger charge is -2.31. The molecule has 4 aromatic carbocycles. The van der Waals surface area contributed by atoms with Crippen LogP contribution in [0.3, 0.4) is 0 Å². The van der Waals surface area contributed by atoms with E-state index in [1.807, 2.05) is 49.9 Å². The smallest absolute Gasteiger partial charge is 0.219 e. The van der Waals surface area contributed by atoms with Crippen LogP contribution in [0.1, 0.15) is 39.4 Å². The van der Waals surface area contributed by atoms with E-state index in [2.05, 4.69) is 4.98 Å². The second-order valence-electron chi connectivity index (χ2n) is 11.1. The van der Waals surface area contributed by atoms with Crippen LogP contribution in [0.25, 0.3) is 10.9 Å². The Morgan fingerprint density at radius 3 is 2.33 bits per heavy atom. The molecule has 0 radical (unpaired) electrons. The predicted octanol–water partition coefficient (Wildman–Crippen LogP) is 8.15. The highest BCUT2D eigenvalue weighted by atomic mass is 19.2. The second-order valence-corrected chi connectivity index (χ2v) is 11.1. The van der Waals surface area contributed by atoms with Crippen LogP contribution in [0, 0.1) is 44.0 Å². The number of benzene rings is 4. The summed E-state index contributed by atoms with van der Waals surface area (Å²) in [4.78, 5) is 11.2. The summed E-state index contributed by atoms with van der Waals surface area (Å²) < 4.78 is 64.8. The Labute approximate surface area is 244 Å². The molecule has 2 heterocycles. The molecule has 2 aliphatic rings. The molecule has 0 saturated carbocycles. The lowest BCUT2D eigenvalue weighted by molar-refractivity contribution is 0.401. The summed E-state index contributed by atoms with van der Waals surface area (Å²) in [7, 11) is 0. The third kappa shape index (κ3) is 4.21. The van der Waals surface area contributed by atoms with Gasteiger partial charge in [0.15, 0.2) is 23.3 Å². The first kappa shape index (κ1) is 26.9. The molecule has 0 unspecified atom stereocenters. The molecule has 0 saturated heterocycles. The molecule has 43 heavy (non-hydrogen) atoms. The highest BCUT2D eigenvalue weighted by molar-refractivity contribution is 6.13. The van der Waals surface area contributed by atoms with Crippen LogP contribution in [-0.2, 0) is 6.42 Å². The van der Waals surface area contributed by atoms with Gasteiger partial charge in [-0.15, -0.1) is 0 Å². The first-order chi connectivity index (χ1) is 20.6. The van der Waals surface area contributed by atoms with E-state index in [1.54, 1.807) is 42.5 Å². The van der Waals surface area contributed by atoms with Gasteiger partial charge in [0.05, 0.1) is 6.04 Å². The van der Waals surface area contributed by atoms with Gasteiger partial charge in [-0.25, -0.2) is 22.5 Å². The number of halogens is 4. The van der Waals surface area contributed by atoms with Crippen molar-refractivity contribution in [1.29, 1.82) is 0 Å². The minimum Gasteiger partial charge on any atom is -0.506 e. The van der Waals surface area contributed by atoms with Crippen LogP contribution in [0.5, 0.6) is 17.4 Å². The topological polar surface area (TPSA) is 58.0 Å². The minimum atomic E-state index is -1.83. The Morgan fingerprint density at radius 2 is 1.56 bits per heavy atom. The number of fused-ring (bicyclic) bond motifs is 4. The minimum absolute atomic E-state index is 0.0308. The number of para-hydroxylation sites is 1. The number of hydrogen-bond donors (Lipinski definition) is 1. The summed E-state index contributed by atoms with van der Waals surface area (Å²) >= 11 is 0. The number of aromatic nitrogens is 1. The summed E-state index contributed by atoms with van der Waals surface area (Å²) in [5.41, 5.74) is 4.29. The van der Waals surface area contributed by atoms with Gasteiger partial charge in [0.1, 0.15) is 28.9 Å². The quantitative estimate of drug-likeness (QED) is 0.132. The first-order valence-corrected chi connectivity index (χ1v) is 13.8. The van der Waals surface area contributed by atoms with Gasteiger partial charge in [0.2, 0.25) is 5.88 Å². The van der Waals surface area contributed by atoms with Crippen molar-refractivity contribution in [3.63, 3.8) is 0 Å². The van der Waals surface area contributed by atoms with E-state index in [-0.39, 0.29) is 29.2 Å². The van der Waals surface area contributed by atoms with Gasteiger partial charge < -0.3 is 14.7 Å². The Balaban J connectivity index is 1.35. The molecule has 1 aliphatic carbocycles. The first-order valence-electron chi connectivity index (χ1n) is 13.8. The third-order valence-corrected chi connectivity index (χ3v) is 8.16. The van der Waals surface area contributed by atoms with Crippen LogP contribution >= 0.6 is 0 Å². The summed E-state index contributed by atoms with van der Waals surface area (Å²) in [6.45, 7) is 5.88. The van der Waals surface area contributed by atoms with Crippen molar-refractivity contribution in [3.8, 4) is 17.4 Å². The van der Waals surface area contributed by atoms with Gasteiger partial charge in [0.25, 0.3) is 0 Å².